The first-order chi connectivity index (χ1) is 5.83. The van der Waals surface area contributed by atoms with Crippen molar-refractivity contribution in [3.63, 3.8) is 0 Å². The molecule has 0 saturated carbocycles. The molecule has 12 heavy (non-hydrogen) atoms. The van der Waals surface area contributed by atoms with Crippen molar-refractivity contribution in [2.24, 2.45) is 0 Å². The van der Waals surface area contributed by atoms with Crippen LogP contribution in [0.25, 0.3) is 0 Å². The van der Waals surface area contributed by atoms with E-state index in [2.05, 4.69) is 10.9 Å². The Morgan fingerprint density at radius 2 is 2.33 bits per heavy atom. The van der Waals surface area contributed by atoms with Crippen LogP contribution in [0.1, 0.15) is 0 Å². The van der Waals surface area contributed by atoms with Gasteiger partial charge >= 0.3 is 0 Å². The van der Waals surface area contributed by atoms with Gasteiger partial charge in [-0.05, 0) is 19.2 Å². The van der Waals surface area contributed by atoms with E-state index in [1.54, 1.807) is 31.3 Å². The zero-order valence-corrected chi connectivity index (χ0v) is 6.87. The average Bonchev–Trinajstić information content (AvgIpc) is 2.05. The zero-order chi connectivity index (χ0) is 8.81. The fourth-order valence-electron chi connectivity index (χ4n) is 0.765. The van der Waals surface area contributed by atoms with Crippen molar-refractivity contribution in [3.05, 3.63) is 24.3 Å². The molecule has 0 aliphatic heterocycles. The van der Waals surface area contributed by atoms with Crippen molar-refractivity contribution in [1.29, 1.82) is 0 Å². The van der Waals surface area contributed by atoms with Gasteiger partial charge in [0.15, 0.2) is 6.73 Å². The highest BCUT2D eigenvalue weighted by Crippen LogP contribution is 2.16. The number of hydrazine groups is 1. The summed E-state index contributed by atoms with van der Waals surface area (Å²) in [6, 6.07) is 6.65. The Bertz CT molecular complexity index is 240. The van der Waals surface area contributed by atoms with Crippen LogP contribution in [0.4, 0.5) is 0 Å². The lowest BCUT2D eigenvalue weighted by Gasteiger charge is -2.06. The molecule has 0 unspecified atom stereocenters. The molecular weight excluding hydrogens is 156 g/mol. The molecule has 66 valence electrons. The SMILES string of the molecule is CNNCOc1cccc(O)c1. The number of hydrogen-bond donors (Lipinski definition) is 3. The second-order valence-electron chi connectivity index (χ2n) is 2.21. The van der Waals surface area contributed by atoms with Gasteiger partial charge in [-0.2, -0.15) is 0 Å². The highest BCUT2D eigenvalue weighted by Gasteiger charge is 1.92. The highest BCUT2D eigenvalue weighted by molar-refractivity contribution is 5.31. The molecule has 0 spiro atoms. The van der Waals surface area contributed by atoms with Crippen LogP contribution in [0, 0.1) is 0 Å². The first-order valence-electron chi connectivity index (χ1n) is 3.64. The van der Waals surface area contributed by atoms with E-state index in [1.165, 1.54) is 0 Å². The zero-order valence-electron chi connectivity index (χ0n) is 6.87. The van der Waals surface area contributed by atoms with E-state index in [1.807, 2.05) is 0 Å². The van der Waals surface area contributed by atoms with Crippen LogP contribution in [-0.4, -0.2) is 18.9 Å². The summed E-state index contributed by atoms with van der Waals surface area (Å²) >= 11 is 0. The lowest BCUT2D eigenvalue weighted by atomic mass is 10.3. The van der Waals surface area contributed by atoms with Crippen molar-refractivity contribution in [1.82, 2.24) is 10.9 Å². The van der Waals surface area contributed by atoms with E-state index < -0.39 is 0 Å². The topological polar surface area (TPSA) is 53.5 Å². The maximum absolute atomic E-state index is 9.05. The maximum atomic E-state index is 9.05. The third-order valence-corrected chi connectivity index (χ3v) is 1.31. The monoisotopic (exact) mass is 168 g/mol. The summed E-state index contributed by atoms with van der Waals surface area (Å²) in [4.78, 5) is 0. The van der Waals surface area contributed by atoms with Gasteiger partial charge < -0.3 is 9.84 Å². The molecule has 0 fully saturated rings. The molecule has 4 nitrogen and oxygen atoms in total. The van der Waals surface area contributed by atoms with E-state index in [0.29, 0.717) is 12.5 Å². The van der Waals surface area contributed by atoms with E-state index in [9.17, 15) is 0 Å². The van der Waals surface area contributed by atoms with Crippen LogP contribution in [0.5, 0.6) is 11.5 Å². The molecule has 1 aromatic rings. The molecule has 0 amide bonds. The number of rotatable bonds is 4. The molecule has 0 radical (unpaired) electrons. The van der Waals surface area contributed by atoms with E-state index in [4.69, 9.17) is 9.84 Å². The van der Waals surface area contributed by atoms with Gasteiger partial charge in [0.25, 0.3) is 0 Å². The van der Waals surface area contributed by atoms with Crippen molar-refractivity contribution < 1.29 is 9.84 Å². The fourth-order valence-corrected chi connectivity index (χ4v) is 0.765. The van der Waals surface area contributed by atoms with Gasteiger partial charge in [-0.3, -0.25) is 5.43 Å². The van der Waals surface area contributed by atoms with Gasteiger partial charge in [-0.25, -0.2) is 5.43 Å². The summed E-state index contributed by atoms with van der Waals surface area (Å²) in [5, 5.41) is 9.05. The van der Waals surface area contributed by atoms with Crippen LogP contribution in [-0.2, 0) is 0 Å². The Hall–Kier alpha value is -1.26. The van der Waals surface area contributed by atoms with Gasteiger partial charge in [0.2, 0.25) is 0 Å². The normalized spacial score (nSPS) is 9.75. The van der Waals surface area contributed by atoms with Crippen molar-refractivity contribution in [2.75, 3.05) is 13.8 Å². The minimum absolute atomic E-state index is 0.206. The Kier molecular flexibility index (Phi) is 3.37. The van der Waals surface area contributed by atoms with E-state index >= 15 is 0 Å². The van der Waals surface area contributed by atoms with Crippen LogP contribution >= 0.6 is 0 Å². The Balaban J connectivity index is 2.41. The first-order valence-corrected chi connectivity index (χ1v) is 3.64. The van der Waals surface area contributed by atoms with Crippen LogP contribution < -0.4 is 15.6 Å². The second kappa shape index (κ2) is 4.58. The van der Waals surface area contributed by atoms with Crippen molar-refractivity contribution >= 4 is 0 Å². The first kappa shape index (κ1) is 8.83. The maximum Gasteiger partial charge on any atom is 0.151 e. The quantitative estimate of drug-likeness (QED) is 0.347. The summed E-state index contributed by atoms with van der Waals surface area (Å²) in [5.74, 6) is 0.842. The lowest BCUT2D eigenvalue weighted by Crippen LogP contribution is -2.31. The number of ether oxygens (including phenoxy) is 1. The summed E-state index contributed by atoms with van der Waals surface area (Å²) in [7, 11) is 1.76. The molecule has 3 N–H and O–H groups in total. The molecule has 0 aliphatic carbocycles. The van der Waals surface area contributed by atoms with Gasteiger partial charge in [-0.15, -0.1) is 0 Å². The third-order valence-electron chi connectivity index (χ3n) is 1.31. The third kappa shape index (κ3) is 2.77. The van der Waals surface area contributed by atoms with Gasteiger partial charge in [0, 0.05) is 6.07 Å². The molecule has 0 bridgehead atoms. The standard InChI is InChI=1S/C8H12N2O2/c1-9-10-6-12-8-4-2-3-7(11)5-8/h2-5,9-11H,6H2,1H3. The molecule has 0 atom stereocenters. The number of phenolic OH excluding ortho intramolecular Hbond substituents is 1. The van der Waals surface area contributed by atoms with E-state index in [-0.39, 0.29) is 5.75 Å². The van der Waals surface area contributed by atoms with Crippen LogP contribution in [0.15, 0.2) is 24.3 Å². The Labute approximate surface area is 71.1 Å². The molecule has 0 aliphatic rings. The van der Waals surface area contributed by atoms with Crippen LogP contribution in [0.2, 0.25) is 0 Å². The van der Waals surface area contributed by atoms with Crippen LogP contribution in [0.3, 0.4) is 0 Å². The summed E-state index contributed by atoms with van der Waals surface area (Å²) in [5.41, 5.74) is 5.48. The fraction of sp³-hybridized carbons (Fsp3) is 0.250. The number of phenols is 1. The molecule has 1 rings (SSSR count). The highest BCUT2D eigenvalue weighted by atomic mass is 16.5. The molecular formula is C8H12N2O2. The van der Waals surface area contributed by atoms with E-state index in [0.717, 1.165) is 0 Å². The number of aromatic hydroxyl groups is 1. The van der Waals surface area contributed by atoms with Gasteiger partial charge in [0.05, 0.1) is 0 Å². The number of benzene rings is 1. The molecule has 0 heterocycles. The summed E-state index contributed by atoms with van der Waals surface area (Å²) < 4.78 is 5.19. The van der Waals surface area contributed by atoms with Crippen molar-refractivity contribution in [2.45, 2.75) is 0 Å². The Morgan fingerprint density at radius 3 is 3.00 bits per heavy atom. The number of nitrogens with one attached hydrogen (secondary N) is 2. The van der Waals surface area contributed by atoms with Gasteiger partial charge in [0.1, 0.15) is 11.5 Å². The Morgan fingerprint density at radius 1 is 1.50 bits per heavy atom. The molecule has 4 heteroatoms. The molecule has 0 saturated heterocycles. The predicted molar refractivity (Wildman–Crippen MR) is 45.8 cm³/mol. The average molecular weight is 168 g/mol. The number of hydrogen-bond acceptors (Lipinski definition) is 4. The molecule has 0 aromatic heterocycles. The minimum Gasteiger partial charge on any atom is -0.508 e. The lowest BCUT2D eigenvalue weighted by molar-refractivity contribution is 0.266. The summed E-state index contributed by atoms with van der Waals surface area (Å²) in [6.07, 6.45) is 0. The van der Waals surface area contributed by atoms with Crippen molar-refractivity contribution in [3.8, 4) is 11.5 Å². The predicted octanol–water partition coefficient (Wildman–Crippen LogP) is 0.452. The minimum atomic E-state index is 0.206. The summed E-state index contributed by atoms with van der Waals surface area (Å²) in [6.45, 7) is 0.361. The second-order valence-corrected chi connectivity index (χ2v) is 2.21. The molecule has 1 aromatic carbocycles. The largest absolute Gasteiger partial charge is 0.508 e. The van der Waals surface area contributed by atoms with Gasteiger partial charge in [-0.1, -0.05) is 6.07 Å². The smallest absolute Gasteiger partial charge is 0.151 e.